The molecule has 0 aromatic carbocycles. The van der Waals surface area contributed by atoms with E-state index in [9.17, 15) is 0 Å². The highest BCUT2D eigenvalue weighted by molar-refractivity contribution is 5.30. The third kappa shape index (κ3) is 2.76. The largest absolute Gasteiger partial charge is 0.396 e. The average molecular weight is 222 g/mol. The normalized spacial score (nSPS) is 27.1. The third-order valence-electron chi connectivity index (χ3n) is 3.55. The number of hydrogen-bond acceptors (Lipinski definition) is 3. The van der Waals surface area contributed by atoms with Crippen molar-refractivity contribution in [1.82, 2.24) is 14.7 Å². The quantitative estimate of drug-likeness (QED) is 0.844. The van der Waals surface area contributed by atoms with Gasteiger partial charge in [0.2, 0.25) is 0 Å². The maximum Gasteiger partial charge on any atom is 0.0719 e. The first-order chi connectivity index (χ1) is 7.65. The zero-order valence-corrected chi connectivity index (χ0v) is 10.3. The first-order valence-corrected chi connectivity index (χ1v) is 6.17. The lowest BCUT2D eigenvalue weighted by atomic mass is 9.93. The molecule has 1 aliphatic rings. The highest BCUT2D eigenvalue weighted by Gasteiger charge is 2.22. The molecule has 4 heteroatoms. The molecule has 2 N–H and O–H groups in total. The van der Waals surface area contributed by atoms with Gasteiger partial charge in [0.1, 0.15) is 0 Å². The van der Waals surface area contributed by atoms with Crippen molar-refractivity contribution in [2.45, 2.75) is 39.3 Å². The van der Waals surface area contributed by atoms with E-state index in [4.69, 9.17) is 5.73 Å². The lowest BCUT2D eigenvalue weighted by molar-refractivity contribution is 0.124. The molecule has 4 nitrogen and oxygen atoms in total. The van der Waals surface area contributed by atoms with Gasteiger partial charge in [-0.1, -0.05) is 6.92 Å². The van der Waals surface area contributed by atoms with E-state index in [0.717, 1.165) is 24.7 Å². The van der Waals surface area contributed by atoms with Crippen molar-refractivity contribution < 1.29 is 0 Å². The van der Waals surface area contributed by atoms with Crippen LogP contribution in [0.25, 0.3) is 0 Å². The van der Waals surface area contributed by atoms with Crippen LogP contribution in [0.4, 0.5) is 5.69 Å². The van der Waals surface area contributed by atoms with Crippen molar-refractivity contribution in [3.63, 3.8) is 0 Å². The van der Waals surface area contributed by atoms with E-state index >= 15 is 0 Å². The molecule has 0 bridgehead atoms. The fraction of sp³-hybridized carbons (Fsp3) is 0.750. The molecule has 2 heterocycles. The van der Waals surface area contributed by atoms with E-state index < -0.39 is 0 Å². The predicted octanol–water partition coefficient (Wildman–Crippen LogP) is 1.59. The number of nitrogens with two attached hydrogens (primary N) is 1. The van der Waals surface area contributed by atoms with Crippen LogP contribution in [-0.2, 0) is 6.54 Å². The average Bonchev–Trinajstić information content (AvgIpc) is 2.63. The smallest absolute Gasteiger partial charge is 0.0719 e. The second-order valence-corrected chi connectivity index (χ2v) is 5.05. The van der Waals surface area contributed by atoms with Gasteiger partial charge in [0, 0.05) is 18.8 Å². The summed E-state index contributed by atoms with van der Waals surface area (Å²) in [6.45, 7) is 7.92. The van der Waals surface area contributed by atoms with Crippen LogP contribution in [0.5, 0.6) is 0 Å². The van der Waals surface area contributed by atoms with Gasteiger partial charge in [-0.2, -0.15) is 5.10 Å². The first-order valence-electron chi connectivity index (χ1n) is 6.17. The molecule has 1 fully saturated rings. The Balaban J connectivity index is 1.81. The number of rotatable bonds is 3. The Morgan fingerprint density at radius 3 is 2.88 bits per heavy atom. The van der Waals surface area contributed by atoms with E-state index in [2.05, 4.69) is 23.8 Å². The molecule has 1 saturated heterocycles. The molecule has 0 amide bonds. The predicted molar refractivity (Wildman–Crippen MR) is 66.1 cm³/mol. The molecule has 1 aromatic heterocycles. The minimum Gasteiger partial charge on any atom is -0.396 e. The number of nitrogen functional groups attached to an aromatic ring is 1. The Hall–Kier alpha value is -1.03. The molecule has 1 aromatic rings. The monoisotopic (exact) mass is 222 g/mol. The van der Waals surface area contributed by atoms with Crippen molar-refractivity contribution in [3.8, 4) is 0 Å². The second-order valence-electron chi connectivity index (χ2n) is 5.05. The summed E-state index contributed by atoms with van der Waals surface area (Å²) in [5.41, 5.74) is 6.39. The van der Waals surface area contributed by atoms with Crippen LogP contribution in [-0.4, -0.2) is 33.8 Å². The minimum atomic E-state index is 0.705. The first kappa shape index (κ1) is 11.5. The van der Waals surface area contributed by atoms with Gasteiger partial charge in [0.25, 0.3) is 0 Å². The summed E-state index contributed by atoms with van der Waals surface area (Å²) < 4.78 is 1.93. The van der Waals surface area contributed by atoms with Crippen LogP contribution < -0.4 is 5.73 Å². The molecular formula is C12H22N4. The van der Waals surface area contributed by atoms with Gasteiger partial charge < -0.3 is 5.73 Å². The van der Waals surface area contributed by atoms with Crippen LogP contribution >= 0.6 is 0 Å². The lowest BCUT2D eigenvalue weighted by Gasteiger charge is -2.36. The zero-order valence-electron chi connectivity index (χ0n) is 10.3. The van der Waals surface area contributed by atoms with Crippen molar-refractivity contribution in [3.05, 3.63) is 12.4 Å². The Kier molecular flexibility index (Phi) is 3.49. The third-order valence-corrected chi connectivity index (χ3v) is 3.55. The second kappa shape index (κ2) is 4.87. The zero-order chi connectivity index (χ0) is 11.5. The lowest BCUT2D eigenvalue weighted by Crippen LogP contribution is -2.41. The number of piperidine rings is 1. The molecule has 0 saturated carbocycles. The SMILES string of the molecule is CC1CCN(CCn2cc(N)cn2)C(C)C1. The minimum absolute atomic E-state index is 0.705. The summed E-state index contributed by atoms with van der Waals surface area (Å²) in [7, 11) is 0. The van der Waals surface area contributed by atoms with Gasteiger partial charge in [-0.05, 0) is 32.2 Å². The van der Waals surface area contributed by atoms with Gasteiger partial charge in [-0.15, -0.1) is 0 Å². The molecular weight excluding hydrogens is 200 g/mol. The Morgan fingerprint density at radius 2 is 2.25 bits per heavy atom. The number of nitrogens with zero attached hydrogens (tertiary/aromatic N) is 3. The number of hydrogen-bond donors (Lipinski definition) is 1. The molecule has 90 valence electrons. The maximum atomic E-state index is 5.64. The summed E-state index contributed by atoms with van der Waals surface area (Å²) >= 11 is 0. The summed E-state index contributed by atoms with van der Waals surface area (Å²) in [5, 5.41) is 4.21. The Morgan fingerprint density at radius 1 is 1.44 bits per heavy atom. The number of likely N-dealkylation sites (tertiary alicyclic amines) is 1. The summed E-state index contributed by atoms with van der Waals surface area (Å²) in [6, 6.07) is 0.705. The molecule has 2 unspecified atom stereocenters. The fourth-order valence-corrected chi connectivity index (χ4v) is 2.52. The highest BCUT2D eigenvalue weighted by atomic mass is 15.3. The van der Waals surface area contributed by atoms with E-state index in [1.807, 2.05) is 10.9 Å². The molecule has 0 radical (unpaired) electrons. The van der Waals surface area contributed by atoms with Crippen molar-refractivity contribution in [1.29, 1.82) is 0 Å². The molecule has 0 spiro atoms. The number of aromatic nitrogens is 2. The summed E-state index contributed by atoms with van der Waals surface area (Å²) in [6.07, 6.45) is 6.26. The standard InChI is InChI=1S/C12H22N4/c1-10-3-4-15(11(2)7-10)5-6-16-9-12(13)8-14-16/h8-11H,3-7,13H2,1-2H3. The molecule has 1 aliphatic heterocycles. The van der Waals surface area contributed by atoms with Crippen LogP contribution in [0.15, 0.2) is 12.4 Å². The Bertz CT molecular complexity index is 334. The van der Waals surface area contributed by atoms with Gasteiger partial charge in [-0.25, -0.2) is 0 Å². The Labute approximate surface area is 97.4 Å². The van der Waals surface area contributed by atoms with Crippen LogP contribution in [0.2, 0.25) is 0 Å². The van der Waals surface area contributed by atoms with E-state index in [1.165, 1.54) is 19.4 Å². The summed E-state index contributed by atoms with van der Waals surface area (Å²) in [4.78, 5) is 2.55. The van der Waals surface area contributed by atoms with Crippen LogP contribution in [0.3, 0.4) is 0 Å². The molecule has 16 heavy (non-hydrogen) atoms. The van der Waals surface area contributed by atoms with E-state index in [0.29, 0.717) is 6.04 Å². The molecule has 2 atom stereocenters. The summed E-state index contributed by atoms with van der Waals surface area (Å²) in [5.74, 6) is 0.881. The van der Waals surface area contributed by atoms with Gasteiger partial charge in [-0.3, -0.25) is 9.58 Å². The van der Waals surface area contributed by atoms with Crippen molar-refractivity contribution >= 4 is 5.69 Å². The van der Waals surface area contributed by atoms with Gasteiger partial charge in [0.15, 0.2) is 0 Å². The van der Waals surface area contributed by atoms with Gasteiger partial charge in [0.05, 0.1) is 18.4 Å². The van der Waals surface area contributed by atoms with Gasteiger partial charge >= 0.3 is 0 Å². The number of anilines is 1. The van der Waals surface area contributed by atoms with Crippen LogP contribution in [0, 0.1) is 5.92 Å². The van der Waals surface area contributed by atoms with Crippen molar-refractivity contribution in [2.75, 3.05) is 18.8 Å². The maximum absolute atomic E-state index is 5.64. The van der Waals surface area contributed by atoms with E-state index in [-0.39, 0.29) is 0 Å². The highest BCUT2D eigenvalue weighted by Crippen LogP contribution is 2.21. The van der Waals surface area contributed by atoms with Crippen molar-refractivity contribution in [2.24, 2.45) is 5.92 Å². The van der Waals surface area contributed by atoms with Crippen LogP contribution in [0.1, 0.15) is 26.7 Å². The fourth-order valence-electron chi connectivity index (χ4n) is 2.52. The molecule has 2 rings (SSSR count). The van der Waals surface area contributed by atoms with E-state index in [1.54, 1.807) is 6.20 Å². The topological polar surface area (TPSA) is 47.1 Å². The molecule has 0 aliphatic carbocycles.